The number of aliphatic hydroxyl groups excluding tert-OH is 1. The van der Waals surface area contributed by atoms with Crippen LogP contribution in [0.2, 0.25) is 0 Å². The second kappa shape index (κ2) is 10.2. The van der Waals surface area contributed by atoms with Crippen molar-refractivity contribution in [3.8, 4) is 11.1 Å². The van der Waals surface area contributed by atoms with Crippen molar-refractivity contribution in [3.63, 3.8) is 0 Å². The van der Waals surface area contributed by atoms with Gasteiger partial charge in [0.15, 0.2) is 5.58 Å². The minimum Gasteiger partial charge on any atom is -0.421 e. The van der Waals surface area contributed by atoms with E-state index in [1.807, 2.05) is 31.2 Å². The Morgan fingerprint density at radius 1 is 1.14 bits per heavy atom. The zero-order valence-corrected chi connectivity index (χ0v) is 21.9. The number of hydrogen-bond acceptors (Lipinski definition) is 6. The quantitative estimate of drug-likeness (QED) is 0.278. The highest BCUT2D eigenvalue weighted by Crippen LogP contribution is 2.41. The largest absolute Gasteiger partial charge is 0.421 e. The molecule has 2 aromatic carbocycles. The molecule has 5 rings (SSSR count). The van der Waals surface area contributed by atoms with Gasteiger partial charge in [-0.1, -0.05) is 30.3 Å². The van der Waals surface area contributed by atoms with Crippen molar-refractivity contribution in [1.82, 2.24) is 4.57 Å². The topological polar surface area (TPSA) is 84.5 Å². The average molecular weight is 521 g/mol. The molecule has 1 aliphatic rings. The third kappa shape index (κ3) is 4.83. The first-order chi connectivity index (χ1) is 17.8. The van der Waals surface area contributed by atoms with E-state index in [1.54, 1.807) is 42.3 Å². The summed E-state index contributed by atoms with van der Waals surface area (Å²) in [5.41, 5.74) is 4.11. The van der Waals surface area contributed by atoms with Crippen molar-refractivity contribution in [2.75, 3.05) is 17.7 Å². The Morgan fingerprint density at radius 3 is 2.62 bits per heavy atom. The Hall–Kier alpha value is -3.36. The van der Waals surface area contributed by atoms with Crippen LogP contribution in [0.5, 0.6) is 0 Å². The number of aromatic nitrogens is 1. The van der Waals surface area contributed by atoms with Gasteiger partial charge in [0.1, 0.15) is 11.2 Å². The Morgan fingerprint density at radius 2 is 1.92 bits per heavy atom. The Bertz CT molecular complexity index is 1620. The van der Waals surface area contributed by atoms with E-state index in [0.717, 1.165) is 41.0 Å². The molecular formula is C29H29FN2O4S. The van der Waals surface area contributed by atoms with E-state index in [-0.39, 0.29) is 46.1 Å². The number of thioether (sulfide) groups is 1. The SMILES string of the molecule is Cc1ccc(Nc2c(C)c(=O)oc3c(-c4cccc(CSCCO)c4)c(C)n(C4CC4)c(=O)c23)c(F)c1. The number of anilines is 2. The number of aryl methyl sites for hydroxylation is 1. The maximum atomic E-state index is 14.8. The van der Waals surface area contributed by atoms with Gasteiger partial charge in [-0.05, 0) is 62.4 Å². The first kappa shape index (κ1) is 25.3. The lowest BCUT2D eigenvalue weighted by molar-refractivity contribution is 0.322. The first-order valence-corrected chi connectivity index (χ1v) is 13.5. The zero-order chi connectivity index (χ0) is 26.3. The molecule has 0 atom stereocenters. The van der Waals surface area contributed by atoms with Crippen molar-refractivity contribution in [3.05, 3.63) is 91.4 Å². The third-order valence-corrected chi connectivity index (χ3v) is 7.76. The predicted molar refractivity (Wildman–Crippen MR) is 148 cm³/mol. The molecule has 2 heterocycles. The molecule has 1 aliphatic carbocycles. The van der Waals surface area contributed by atoms with Crippen molar-refractivity contribution in [1.29, 1.82) is 0 Å². The molecule has 8 heteroatoms. The van der Waals surface area contributed by atoms with Gasteiger partial charge in [0, 0.05) is 28.8 Å². The molecule has 0 saturated heterocycles. The number of hydrogen-bond donors (Lipinski definition) is 2. The molecule has 0 spiro atoms. The Labute approximate surface area is 218 Å². The smallest absolute Gasteiger partial charge is 0.341 e. The van der Waals surface area contributed by atoms with Gasteiger partial charge in [-0.2, -0.15) is 11.8 Å². The summed E-state index contributed by atoms with van der Waals surface area (Å²) in [6.45, 7) is 5.38. The number of fused-ring (bicyclic) bond motifs is 1. The minimum absolute atomic E-state index is 0.0788. The van der Waals surface area contributed by atoms with Gasteiger partial charge in [0.2, 0.25) is 0 Å². The molecule has 0 bridgehead atoms. The van der Waals surface area contributed by atoms with Gasteiger partial charge < -0.3 is 19.4 Å². The first-order valence-electron chi connectivity index (χ1n) is 12.3. The van der Waals surface area contributed by atoms with Gasteiger partial charge in [0.25, 0.3) is 5.56 Å². The van der Waals surface area contributed by atoms with Crippen molar-refractivity contribution in [2.45, 2.75) is 45.4 Å². The molecule has 1 saturated carbocycles. The highest BCUT2D eigenvalue weighted by atomic mass is 32.2. The lowest BCUT2D eigenvalue weighted by atomic mass is 9.98. The predicted octanol–water partition coefficient (Wildman–Crippen LogP) is 5.99. The molecule has 192 valence electrons. The summed E-state index contributed by atoms with van der Waals surface area (Å²) in [7, 11) is 0. The van der Waals surface area contributed by atoms with Crippen molar-refractivity contribution < 1.29 is 13.9 Å². The maximum absolute atomic E-state index is 14.8. The summed E-state index contributed by atoms with van der Waals surface area (Å²) in [6.07, 6.45) is 1.79. The monoisotopic (exact) mass is 520 g/mol. The highest BCUT2D eigenvalue weighted by Gasteiger charge is 2.31. The molecule has 4 aromatic rings. The van der Waals surface area contributed by atoms with Crippen LogP contribution < -0.4 is 16.5 Å². The second-order valence-corrected chi connectivity index (χ2v) is 10.7. The number of halogens is 1. The van der Waals surface area contributed by atoms with Gasteiger partial charge in [-0.25, -0.2) is 9.18 Å². The lowest BCUT2D eigenvalue weighted by Crippen LogP contribution is -2.25. The molecule has 0 amide bonds. The summed E-state index contributed by atoms with van der Waals surface area (Å²) in [5.74, 6) is 0.886. The normalized spacial score (nSPS) is 13.3. The fourth-order valence-corrected chi connectivity index (χ4v) is 5.45. The average Bonchev–Trinajstić information content (AvgIpc) is 3.69. The fourth-order valence-electron chi connectivity index (χ4n) is 4.76. The Balaban J connectivity index is 1.78. The van der Waals surface area contributed by atoms with Crippen LogP contribution in [-0.2, 0) is 5.75 Å². The molecule has 0 unspecified atom stereocenters. The van der Waals surface area contributed by atoms with E-state index < -0.39 is 11.4 Å². The van der Waals surface area contributed by atoms with Gasteiger partial charge >= 0.3 is 5.63 Å². The third-order valence-electron chi connectivity index (χ3n) is 6.75. The standard InChI is InChI=1S/C29H29FN2O4S/c1-16-7-10-23(22(30)13-16)31-26-17(2)29(35)36-27-24(18(3)32(21-8-9-21)28(34)25(26)27)20-6-4-5-19(14-20)15-37-12-11-33/h4-7,10,13-14,21,31,33H,8-9,11-12,15H2,1-3H3. The van der Waals surface area contributed by atoms with Gasteiger partial charge in [0.05, 0.1) is 23.5 Å². The van der Waals surface area contributed by atoms with Crippen LogP contribution in [0.15, 0.2) is 56.5 Å². The van der Waals surface area contributed by atoms with Crippen LogP contribution in [0, 0.1) is 26.6 Å². The number of nitrogens with zero attached hydrogens (tertiary/aromatic N) is 1. The Kier molecular flexibility index (Phi) is 6.96. The van der Waals surface area contributed by atoms with Crippen LogP contribution in [0.4, 0.5) is 15.8 Å². The van der Waals surface area contributed by atoms with Crippen LogP contribution in [0.25, 0.3) is 22.1 Å². The van der Waals surface area contributed by atoms with E-state index in [1.165, 1.54) is 6.07 Å². The van der Waals surface area contributed by atoms with Crippen LogP contribution in [0.3, 0.4) is 0 Å². The van der Waals surface area contributed by atoms with E-state index in [2.05, 4.69) is 5.32 Å². The zero-order valence-electron chi connectivity index (χ0n) is 21.1. The van der Waals surface area contributed by atoms with Gasteiger partial charge in [-0.15, -0.1) is 0 Å². The molecule has 0 aliphatic heterocycles. The summed E-state index contributed by atoms with van der Waals surface area (Å²) < 4.78 is 22.4. The molecule has 2 aromatic heterocycles. The van der Waals surface area contributed by atoms with E-state index in [4.69, 9.17) is 9.52 Å². The molecule has 6 nitrogen and oxygen atoms in total. The fraction of sp³-hybridized carbons (Fsp3) is 0.310. The van der Waals surface area contributed by atoms with Crippen LogP contribution in [0.1, 0.15) is 41.3 Å². The minimum atomic E-state index is -0.582. The van der Waals surface area contributed by atoms with E-state index in [0.29, 0.717) is 11.3 Å². The van der Waals surface area contributed by atoms with Gasteiger partial charge in [-0.3, -0.25) is 4.79 Å². The summed E-state index contributed by atoms with van der Waals surface area (Å²) in [6, 6.07) is 12.8. The summed E-state index contributed by atoms with van der Waals surface area (Å²) >= 11 is 1.62. The van der Waals surface area contributed by atoms with Crippen molar-refractivity contribution in [2.24, 2.45) is 0 Å². The number of aliphatic hydroxyl groups is 1. The van der Waals surface area contributed by atoms with Crippen molar-refractivity contribution >= 4 is 34.1 Å². The molecule has 37 heavy (non-hydrogen) atoms. The lowest BCUT2D eigenvalue weighted by Gasteiger charge is -2.19. The summed E-state index contributed by atoms with van der Waals surface area (Å²) in [4.78, 5) is 26.9. The van der Waals surface area contributed by atoms with E-state index in [9.17, 15) is 14.0 Å². The molecule has 1 fully saturated rings. The molecule has 0 radical (unpaired) electrons. The number of rotatable bonds is 8. The van der Waals surface area contributed by atoms with Crippen LogP contribution in [-0.4, -0.2) is 22.0 Å². The molecular weight excluding hydrogens is 491 g/mol. The van der Waals surface area contributed by atoms with E-state index >= 15 is 0 Å². The highest BCUT2D eigenvalue weighted by molar-refractivity contribution is 7.98. The van der Waals surface area contributed by atoms with Crippen LogP contribution >= 0.6 is 11.8 Å². The molecule has 2 N–H and O–H groups in total. The summed E-state index contributed by atoms with van der Waals surface area (Å²) in [5, 5.41) is 12.4. The second-order valence-electron chi connectivity index (χ2n) is 9.55. The number of nitrogens with one attached hydrogen (secondary N) is 1. The number of benzene rings is 2. The number of pyridine rings is 1. The maximum Gasteiger partial charge on any atom is 0.341 e.